The number of methoxy groups -OCH3 is 3. The Morgan fingerprint density at radius 1 is 0.886 bits per heavy atom. The summed E-state index contributed by atoms with van der Waals surface area (Å²) in [7, 11) is 1.37. The molecule has 0 aromatic heterocycles. The summed E-state index contributed by atoms with van der Waals surface area (Å²) in [6.07, 6.45) is 1.59. The molecular formula is C26H26N2O6S. The number of ether oxygens (including phenoxy) is 3. The highest BCUT2D eigenvalue weighted by Crippen LogP contribution is 2.37. The second kappa shape index (κ2) is 9.79. The number of nitrogens with zero attached hydrogens (tertiary/aromatic N) is 2. The van der Waals surface area contributed by atoms with Crippen molar-refractivity contribution in [3.8, 4) is 17.2 Å². The van der Waals surface area contributed by atoms with E-state index in [9.17, 15) is 13.2 Å². The molecule has 8 nitrogen and oxygen atoms in total. The molecule has 4 rings (SSSR count). The fourth-order valence-corrected chi connectivity index (χ4v) is 4.59. The van der Waals surface area contributed by atoms with Crippen LogP contribution >= 0.6 is 0 Å². The third-order valence-electron chi connectivity index (χ3n) is 5.87. The Morgan fingerprint density at radius 3 is 2.09 bits per heavy atom. The average Bonchev–Trinajstić information content (AvgIpc) is 3.32. The van der Waals surface area contributed by atoms with Gasteiger partial charge < -0.3 is 14.2 Å². The minimum Gasteiger partial charge on any atom is -0.497 e. The SMILES string of the molecule is COc1ccc(C2CC(c3ccc(OC)cc3OC)=NN2C(=O)c2ccc(S(C)(=O)=O)cc2)cc1. The maximum atomic E-state index is 13.5. The number of sulfone groups is 1. The lowest BCUT2D eigenvalue weighted by Crippen LogP contribution is -2.27. The maximum absolute atomic E-state index is 13.5. The topological polar surface area (TPSA) is 94.5 Å². The van der Waals surface area contributed by atoms with Crippen molar-refractivity contribution in [1.82, 2.24) is 5.01 Å². The lowest BCUT2D eigenvalue weighted by atomic mass is 9.97. The van der Waals surface area contributed by atoms with Gasteiger partial charge in [0.1, 0.15) is 17.2 Å². The minimum absolute atomic E-state index is 0.148. The Balaban J connectivity index is 1.75. The molecule has 0 fully saturated rings. The van der Waals surface area contributed by atoms with E-state index in [4.69, 9.17) is 19.3 Å². The van der Waals surface area contributed by atoms with E-state index in [1.165, 1.54) is 29.3 Å². The van der Waals surface area contributed by atoms with Crippen molar-refractivity contribution in [3.63, 3.8) is 0 Å². The highest BCUT2D eigenvalue weighted by atomic mass is 32.2. The fraction of sp³-hybridized carbons (Fsp3) is 0.231. The van der Waals surface area contributed by atoms with E-state index in [0.29, 0.717) is 34.9 Å². The molecule has 182 valence electrons. The number of hydrazone groups is 1. The van der Waals surface area contributed by atoms with E-state index < -0.39 is 9.84 Å². The smallest absolute Gasteiger partial charge is 0.274 e. The Kier molecular flexibility index (Phi) is 6.79. The first-order valence-electron chi connectivity index (χ1n) is 10.8. The molecule has 1 unspecified atom stereocenters. The van der Waals surface area contributed by atoms with Gasteiger partial charge in [-0.3, -0.25) is 4.79 Å². The van der Waals surface area contributed by atoms with Crippen LogP contribution in [0.5, 0.6) is 17.2 Å². The van der Waals surface area contributed by atoms with E-state index in [1.807, 2.05) is 36.4 Å². The molecule has 0 aliphatic carbocycles. The van der Waals surface area contributed by atoms with Crippen molar-refractivity contribution in [1.29, 1.82) is 0 Å². The van der Waals surface area contributed by atoms with Crippen LogP contribution in [0.1, 0.15) is 33.9 Å². The van der Waals surface area contributed by atoms with Gasteiger partial charge in [0, 0.05) is 29.9 Å². The van der Waals surface area contributed by atoms with Crippen molar-refractivity contribution in [2.75, 3.05) is 27.6 Å². The molecule has 0 N–H and O–H groups in total. The zero-order chi connectivity index (χ0) is 25.2. The molecule has 1 heterocycles. The summed E-state index contributed by atoms with van der Waals surface area (Å²) >= 11 is 0. The zero-order valence-corrected chi connectivity index (χ0v) is 20.7. The molecule has 0 spiro atoms. The van der Waals surface area contributed by atoms with Gasteiger partial charge in [-0.25, -0.2) is 13.4 Å². The van der Waals surface area contributed by atoms with Gasteiger partial charge in [-0.1, -0.05) is 12.1 Å². The van der Waals surface area contributed by atoms with Crippen LogP contribution in [0.3, 0.4) is 0 Å². The van der Waals surface area contributed by atoms with Crippen LogP contribution in [-0.4, -0.2) is 52.6 Å². The van der Waals surface area contributed by atoms with Gasteiger partial charge in [0.2, 0.25) is 0 Å². The van der Waals surface area contributed by atoms with Crippen molar-refractivity contribution in [2.24, 2.45) is 5.10 Å². The van der Waals surface area contributed by atoms with Crippen LogP contribution in [0, 0.1) is 0 Å². The molecule has 35 heavy (non-hydrogen) atoms. The first-order valence-corrected chi connectivity index (χ1v) is 12.7. The van der Waals surface area contributed by atoms with Gasteiger partial charge in [0.05, 0.1) is 38.0 Å². The summed E-state index contributed by atoms with van der Waals surface area (Å²) in [5.41, 5.74) is 2.67. The summed E-state index contributed by atoms with van der Waals surface area (Å²) in [5.74, 6) is 1.60. The fourth-order valence-electron chi connectivity index (χ4n) is 3.96. The highest BCUT2D eigenvalue weighted by molar-refractivity contribution is 7.90. The molecule has 3 aromatic carbocycles. The zero-order valence-electron chi connectivity index (χ0n) is 19.9. The lowest BCUT2D eigenvalue weighted by molar-refractivity contribution is 0.0711. The van der Waals surface area contributed by atoms with Crippen molar-refractivity contribution < 1.29 is 27.4 Å². The third kappa shape index (κ3) is 5.00. The molecule has 0 saturated heterocycles. The largest absolute Gasteiger partial charge is 0.497 e. The summed E-state index contributed by atoms with van der Waals surface area (Å²) in [5, 5.41) is 6.14. The number of carbonyl (C=O) groups is 1. The van der Waals surface area contributed by atoms with Gasteiger partial charge in [0.15, 0.2) is 9.84 Å². The quantitative estimate of drug-likeness (QED) is 0.491. The predicted octanol–water partition coefficient (Wildman–Crippen LogP) is 4.11. The second-order valence-corrected chi connectivity index (χ2v) is 10.1. The number of carbonyl (C=O) groups excluding carboxylic acids is 1. The Hall–Kier alpha value is -3.85. The van der Waals surface area contributed by atoms with Crippen molar-refractivity contribution >= 4 is 21.5 Å². The molecular weight excluding hydrogens is 468 g/mol. The van der Waals surface area contributed by atoms with Gasteiger partial charge in [-0.15, -0.1) is 0 Å². The average molecular weight is 495 g/mol. The van der Waals surface area contributed by atoms with Gasteiger partial charge in [-0.2, -0.15) is 5.10 Å². The minimum atomic E-state index is -3.37. The summed E-state index contributed by atoms with van der Waals surface area (Å²) in [6.45, 7) is 0. The van der Waals surface area contributed by atoms with E-state index >= 15 is 0 Å². The molecule has 3 aromatic rings. The van der Waals surface area contributed by atoms with Gasteiger partial charge >= 0.3 is 0 Å². The van der Waals surface area contributed by atoms with Crippen molar-refractivity contribution in [2.45, 2.75) is 17.4 Å². The lowest BCUT2D eigenvalue weighted by Gasteiger charge is -2.22. The van der Waals surface area contributed by atoms with Crippen LogP contribution in [-0.2, 0) is 9.84 Å². The number of hydrogen-bond donors (Lipinski definition) is 0. The summed E-state index contributed by atoms with van der Waals surface area (Å²) < 4.78 is 39.8. The summed E-state index contributed by atoms with van der Waals surface area (Å²) in [6, 6.07) is 18.4. The number of hydrogen-bond acceptors (Lipinski definition) is 7. The highest BCUT2D eigenvalue weighted by Gasteiger charge is 2.34. The van der Waals surface area contributed by atoms with Crippen molar-refractivity contribution in [3.05, 3.63) is 83.4 Å². The number of benzene rings is 3. The predicted molar refractivity (Wildman–Crippen MR) is 132 cm³/mol. The Morgan fingerprint density at radius 2 is 1.51 bits per heavy atom. The molecule has 1 amide bonds. The molecule has 0 bridgehead atoms. The first kappa shape index (κ1) is 24.3. The molecule has 1 aliphatic rings. The molecule has 9 heteroatoms. The van der Waals surface area contributed by atoms with E-state index in [1.54, 1.807) is 27.4 Å². The van der Waals surface area contributed by atoms with E-state index in [0.717, 1.165) is 17.4 Å². The van der Waals surface area contributed by atoms with Crippen LogP contribution < -0.4 is 14.2 Å². The van der Waals surface area contributed by atoms with Crippen LogP contribution in [0.25, 0.3) is 0 Å². The normalized spacial score (nSPS) is 15.5. The monoisotopic (exact) mass is 494 g/mol. The summed E-state index contributed by atoms with van der Waals surface area (Å²) in [4.78, 5) is 13.7. The van der Waals surface area contributed by atoms with E-state index in [2.05, 4.69) is 0 Å². The van der Waals surface area contributed by atoms with Crippen LogP contribution in [0.2, 0.25) is 0 Å². The second-order valence-electron chi connectivity index (χ2n) is 8.05. The molecule has 1 atom stereocenters. The van der Waals surface area contributed by atoms with Gasteiger partial charge in [0.25, 0.3) is 5.91 Å². The molecule has 0 saturated carbocycles. The third-order valence-corrected chi connectivity index (χ3v) is 7.00. The Bertz CT molecular complexity index is 1370. The van der Waals surface area contributed by atoms with E-state index in [-0.39, 0.29) is 16.8 Å². The molecule has 1 aliphatic heterocycles. The van der Waals surface area contributed by atoms with Gasteiger partial charge in [-0.05, 0) is 54.1 Å². The van der Waals surface area contributed by atoms with Crippen LogP contribution in [0.4, 0.5) is 0 Å². The standard InChI is InChI=1S/C26H26N2O6S/c1-32-19-9-5-17(6-10-19)24-16-23(22-14-11-20(33-2)15-25(22)34-3)27-28(24)26(29)18-7-12-21(13-8-18)35(4,30)31/h5-15,24H,16H2,1-4H3. The first-order chi connectivity index (χ1) is 16.7. The Labute approximate surface area is 204 Å². The maximum Gasteiger partial charge on any atom is 0.274 e. The number of rotatable bonds is 7. The van der Waals surface area contributed by atoms with Crippen LogP contribution in [0.15, 0.2) is 76.7 Å². The number of amides is 1. The molecule has 0 radical (unpaired) electrons.